The van der Waals surface area contributed by atoms with Crippen LogP contribution in [0.2, 0.25) is 0 Å². The summed E-state index contributed by atoms with van der Waals surface area (Å²) in [6.45, 7) is 6.25. The van der Waals surface area contributed by atoms with Crippen LogP contribution in [0.3, 0.4) is 0 Å². The van der Waals surface area contributed by atoms with E-state index in [1.54, 1.807) is 7.11 Å². The molecule has 0 spiro atoms. The van der Waals surface area contributed by atoms with Gasteiger partial charge in [-0.25, -0.2) is 0 Å². The van der Waals surface area contributed by atoms with Crippen molar-refractivity contribution in [3.05, 3.63) is 48.2 Å². The molecule has 0 aromatic heterocycles. The number of benzene rings is 1. The summed E-state index contributed by atoms with van der Waals surface area (Å²) in [6.07, 6.45) is 5.32. The predicted octanol–water partition coefficient (Wildman–Crippen LogP) is 3.15. The van der Waals surface area contributed by atoms with Crippen LogP contribution < -0.4 is 4.74 Å². The van der Waals surface area contributed by atoms with Crippen molar-refractivity contribution in [2.24, 2.45) is 0 Å². The van der Waals surface area contributed by atoms with Crippen molar-refractivity contribution in [1.82, 2.24) is 0 Å². The molecule has 17 heavy (non-hydrogen) atoms. The molecule has 0 aliphatic heterocycles. The van der Waals surface area contributed by atoms with E-state index in [-0.39, 0.29) is 6.79 Å². The van der Waals surface area contributed by atoms with Crippen molar-refractivity contribution in [2.45, 2.75) is 6.92 Å². The van der Waals surface area contributed by atoms with E-state index in [2.05, 4.69) is 6.58 Å². The minimum absolute atomic E-state index is 0.258. The number of methoxy groups -OCH3 is 1. The van der Waals surface area contributed by atoms with Gasteiger partial charge in [-0.15, -0.1) is 0 Å². The molecule has 0 bridgehead atoms. The molecule has 1 aromatic rings. The Bertz CT molecular complexity index is 383. The van der Waals surface area contributed by atoms with Gasteiger partial charge in [-0.05, 0) is 30.2 Å². The van der Waals surface area contributed by atoms with Gasteiger partial charge in [-0.1, -0.05) is 24.8 Å². The lowest BCUT2D eigenvalue weighted by Gasteiger charge is -2.08. The zero-order chi connectivity index (χ0) is 12.5. The van der Waals surface area contributed by atoms with Crippen LogP contribution in [-0.2, 0) is 9.47 Å². The third kappa shape index (κ3) is 4.74. The first-order valence-corrected chi connectivity index (χ1v) is 5.39. The summed E-state index contributed by atoms with van der Waals surface area (Å²) in [6, 6.07) is 6.01. The molecule has 0 unspecified atom stereocenters. The second-order valence-electron chi connectivity index (χ2n) is 3.48. The van der Waals surface area contributed by atoms with Crippen LogP contribution in [0.15, 0.2) is 37.1 Å². The molecule has 0 N–H and O–H groups in total. The molecule has 0 radical (unpaired) electrons. The van der Waals surface area contributed by atoms with Crippen molar-refractivity contribution < 1.29 is 14.2 Å². The third-order valence-electron chi connectivity index (χ3n) is 2.17. The molecule has 0 aliphatic carbocycles. The Labute approximate surface area is 102 Å². The molecule has 1 aromatic carbocycles. The molecule has 3 nitrogen and oxygen atoms in total. The van der Waals surface area contributed by atoms with E-state index < -0.39 is 0 Å². The van der Waals surface area contributed by atoms with Crippen LogP contribution in [0.4, 0.5) is 0 Å². The average Bonchev–Trinajstić information content (AvgIpc) is 2.35. The third-order valence-corrected chi connectivity index (χ3v) is 2.17. The van der Waals surface area contributed by atoms with Crippen molar-refractivity contribution in [2.75, 3.05) is 20.5 Å². The standard InChI is InChI=1S/C14H18O3/c1-4-16-9-5-6-13-8-7-12(2)14(10-13)17-11-15-3/h4-8,10H,1,9,11H2,2-3H3/b6-5+. The molecule has 0 amide bonds. The number of hydrogen-bond donors (Lipinski definition) is 0. The summed E-state index contributed by atoms with van der Waals surface area (Å²) in [5, 5.41) is 0. The highest BCUT2D eigenvalue weighted by molar-refractivity contribution is 5.53. The van der Waals surface area contributed by atoms with Gasteiger partial charge >= 0.3 is 0 Å². The van der Waals surface area contributed by atoms with Crippen LogP contribution in [-0.4, -0.2) is 20.5 Å². The largest absolute Gasteiger partial charge is 0.498 e. The van der Waals surface area contributed by atoms with Crippen LogP contribution in [0, 0.1) is 6.92 Å². The van der Waals surface area contributed by atoms with Gasteiger partial charge in [-0.2, -0.15) is 0 Å². The maximum absolute atomic E-state index is 5.45. The van der Waals surface area contributed by atoms with Gasteiger partial charge < -0.3 is 14.2 Å². The fraction of sp³-hybridized carbons (Fsp3) is 0.286. The maximum atomic E-state index is 5.45. The molecule has 0 aliphatic rings. The van der Waals surface area contributed by atoms with E-state index in [0.717, 1.165) is 16.9 Å². The monoisotopic (exact) mass is 234 g/mol. The quantitative estimate of drug-likeness (QED) is 0.412. The van der Waals surface area contributed by atoms with E-state index in [9.17, 15) is 0 Å². The van der Waals surface area contributed by atoms with Gasteiger partial charge in [0.1, 0.15) is 12.4 Å². The Morgan fingerprint density at radius 1 is 1.35 bits per heavy atom. The molecule has 0 saturated carbocycles. The first kappa shape index (κ1) is 13.3. The number of hydrogen-bond acceptors (Lipinski definition) is 3. The van der Waals surface area contributed by atoms with Gasteiger partial charge in [0.25, 0.3) is 0 Å². The Kier molecular flexibility index (Phi) is 5.89. The summed E-state index contributed by atoms with van der Waals surface area (Å²) >= 11 is 0. The van der Waals surface area contributed by atoms with E-state index in [0.29, 0.717) is 6.61 Å². The van der Waals surface area contributed by atoms with Crippen molar-refractivity contribution >= 4 is 6.08 Å². The smallest absolute Gasteiger partial charge is 0.188 e. The Morgan fingerprint density at radius 2 is 2.18 bits per heavy atom. The minimum atomic E-state index is 0.258. The van der Waals surface area contributed by atoms with E-state index in [4.69, 9.17) is 14.2 Å². The Hall–Kier alpha value is -1.74. The lowest BCUT2D eigenvalue weighted by Crippen LogP contribution is -2.00. The van der Waals surface area contributed by atoms with E-state index in [1.165, 1.54) is 6.26 Å². The van der Waals surface area contributed by atoms with Crippen molar-refractivity contribution in [3.63, 3.8) is 0 Å². The van der Waals surface area contributed by atoms with Gasteiger partial charge in [0.05, 0.1) is 6.26 Å². The molecule has 92 valence electrons. The lowest BCUT2D eigenvalue weighted by molar-refractivity contribution is 0.0506. The highest BCUT2D eigenvalue weighted by Gasteiger charge is 1.99. The highest BCUT2D eigenvalue weighted by Crippen LogP contribution is 2.20. The highest BCUT2D eigenvalue weighted by atomic mass is 16.7. The van der Waals surface area contributed by atoms with Crippen LogP contribution >= 0.6 is 0 Å². The van der Waals surface area contributed by atoms with Crippen LogP contribution in [0.25, 0.3) is 6.08 Å². The molecule has 0 atom stereocenters. The molecular formula is C14H18O3. The molecule has 3 heteroatoms. The summed E-state index contributed by atoms with van der Waals surface area (Å²) < 4.78 is 15.3. The Balaban J connectivity index is 2.67. The van der Waals surface area contributed by atoms with E-state index >= 15 is 0 Å². The Morgan fingerprint density at radius 3 is 2.88 bits per heavy atom. The normalized spacial score (nSPS) is 10.5. The van der Waals surface area contributed by atoms with E-state index in [1.807, 2.05) is 37.3 Å². The zero-order valence-electron chi connectivity index (χ0n) is 10.3. The lowest BCUT2D eigenvalue weighted by atomic mass is 10.1. The van der Waals surface area contributed by atoms with Crippen LogP contribution in [0.5, 0.6) is 5.75 Å². The van der Waals surface area contributed by atoms with Crippen molar-refractivity contribution in [3.8, 4) is 5.75 Å². The second kappa shape index (κ2) is 7.52. The maximum Gasteiger partial charge on any atom is 0.188 e. The summed E-state index contributed by atoms with van der Waals surface area (Å²) in [5.41, 5.74) is 2.15. The number of rotatable bonds is 7. The zero-order valence-corrected chi connectivity index (χ0v) is 10.3. The SMILES string of the molecule is C=COC/C=C/c1ccc(C)c(OCOC)c1. The molecular weight excluding hydrogens is 216 g/mol. The van der Waals surface area contributed by atoms with Crippen LogP contribution in [0.1, 0.15) is 11.1 Å². The van der Waals surface area contributed by atoms with Gasteiger partial charge in [0.2, 0.25) is 0 Å². The van der Waals surface area contributed by atoms with Gasteiger partial charge in [0.15, 0.2) is 6.79 Å². The first-order chi connectivity index (χ1) is 8.27. The predicted molar refractivity (Wildman–Crippen MR) is 68.9 cm³/mol. The summed E-state index contributed by atoms with van der Waals surface area (Å²) in [5.74, 6) is 0.832. The number of aryl methyl sites for hydroxylation is 1. The molecule has 0 fully saturated rings. The van der Waals surface area contributed by atoms with Crippen molar-refractivity contribution in [1.29, 1.82) is 0 Å². The second-order valence-corrected chi connectivity index (χ2v) is 3.48. The molecule has 0 saturated heterocycles. The average molecular weight is 234 g/mol. The van der Waals surface area contributed by atoms with Gasteiger partial charge in [-0.3, -0.25) is 0 Å². The fourth-order valence-electron chi connectivity index (χ4n) is 1.31. The minimum Gasteiger partial charge on any atom is -0.498 e. The number of ether oxygens (including phenoxy) is 3. The topological polar surface area (TPSA) is 27.7 Å². The molecule has 1 rings (SSSR count). The molecule has 0 heterocycles. The first-order valence-electron chi connectivity index (χ1n) is 5.39. The summed E-state index contributed by atoms with van der Waals surface area (Å²) in [4.78, 5) is 0. The summed E-state index contributed by atoms with van der Waals surface area (Å²) in [7, 11) is 1.60. The fourth-order valence-corrected chi connectivity index (χ4v) is 1.31. The van der Waals surface area contributed by atoms with Gasteiger partial charge in [0, 0.05) is 7.11 Å².